The molecule has 1 unspecified atom stereocenters. The van der Waals surface area contributed by atoms with Gasteiger partial charge in [-0.05, 0) is 25.5 Å². The second-order valence-electron chi connectivity index (χ2n) is 4.85. The molecule has 20 heavy (non-hydrogen) atoms. The molecule has 0 aromatic carbocycles. The van der Waals surface area contributed by atoms with Crippen molar-refractivity contribution >= 4 is 0 Å². The molecule has 0 radical (unpaired) electrons. The molecule has 0 amide bonds. The lowest BCUT2D eigenvalue weighted by molar-refractivity contribution is 0.285. The number of nitrogens with two attached hydrogens (primary N) is 1. The van der Waals surface area contributed by atoms with E-state index in [-0.39, 0.29) is 6.04 Å². The van der Waals surface area contributed by atoms with Crippen molar-refractivity contribution in [1.82, 2.24) is 19.7 Å². The average Bonchev–Trinajstić information content (AvgIpc) is 2.85. The number of nitrogens with zero attached hydrogens (tertiary/aromatic N) is 4. The van der Waals surface area contributed by atoms with Crippen molar-refractivity contribution in [3.63, 3.8) is 0 Å². The van der Waals surface area contributed by atoms with Crippen LogP contribution in [0.3, 0.4) is 0 Å². The highest BCUT2D eigenvalue weighted by Gasteiger charge is 2.05. The first kappa shape index (κ1) is 14.5. The third kappa shape index (κ3) is 4.03. The number of hydrogen-bond donors (Lipinski definition) is 1. The van der Waals surface area contributed by atoms with Crippen molar-refractivity contribution in [2.45, 2.75) is 45.9 Å². The Kier molecular flexibility index (Phi) is 5.06. The molecule has 0 aliphatic heterocycles. The van der Waals surface area contributed by atoms with Gasteiger partial charge >= 0.3 is 0 Å². The predicted octanol–water partition coefficient (Wildman–Crippen LogP) is 1.55. The highest BCUT2D eigenvalue weighted by atomic mass is 16.5. The third-order valence-corrected chi connectivity index (χ3v) is 2.83. The lowest BCUT2D eigenvalue weighted by atomic mass is 10.2. The maximum atomic E-state index is 5.74. The fourth-order valence-electron chi connectivity index (χ4n) is 1.89. The van der Waals surface area contributed by atoms with Crippen LogP contribution in [0.1, 0.15) is 31.8 Å². The summed E-state index contributed by atoms with van der Waals surface area (Å²) in [5, 5.41) is 4.16. The van der Waals surface area contributed by atoms with E-state index in [0.717, 1.165) is 36.7 Å². The maximum absolute atomic E-state index is 5.74. The van der Waals surface area contributed by atoms with E-state index in [2.05, 4.69) is 22.0 Å². The van der Waals surface area contributed by atoms with Crippen LogP contribution in [-0.4, -0.2) is 25.8 Å². The molecule has 0 bridgehead atoms. The van der Waals surface area contributed by atoms with Crippen molar-refractivity contribution in [2.75, 3.05) is 0 Å². The molecule has 2 N–H and O–H groups in total. The molecular weight excluding hydrogens is 254 g/mol. The molecule has 0 aliphatic rings. The topological polar surface area (TPSA) is 78.8 Å². The average molecular weight is 275 g/mol. The third-order valence-electron chi connectivity index (χ3n) is 2.83. The monoisotopic (exact) mass is 275 g/mol. The Morgan fingerprint density at radius 1 is 1.35 bits per heavy atom. The van der Waals surface area contributed by atoms with E-state index < -0.39 is 0 Å². The summed E-state index contributed by atoms with van der Waals surface area (Å²) in [4.78, 5) is 8.53. The number of rotatable bonds is 7. The summed E-state index contributed by atoms with van der Waals surface area (Å²) in [5.41, 5.74) is 6.71. The zero-order valence-corrected chi connectivity index (χ0v) is 12.0. The lowest BCUT2D eigenvalue weighted by Gasteiger charge is -2.08. The van der Waals surface area contributed by atoms with Gasteiger partial charge in [0.05, 0.1) is 6.20 Å². The van der Waals surface area contributed by atoms with Gasteiger partial charge in [0, 0.05) is 24.7 Å². The standard InChI is InChI=1S/C14H21N5O/c1-3-6-19-14(17-10-18-19)9-20-13-5-4-12(16-8-13)7-11(2)15/h4-5,8,10-11H,3,6-7,9,15H2,1-2H3. The van der Waals surface area contributed by atoms with Gasteiger partial charge in [-0.15, -0.1) is 0 Å². The van der Waals surface area contributed by atoms with E-state index in [4.69, 9.17) is 10.5 Å². The highest BCUT2D eigenvalue weighted by Crippen LogP contribution is 2.12. The number of hydrogen-bond acceptors (Lipinski definition) is 5. The molecule has 0 aliphatic carbocycles. The van der Waals surface area contributed by atoms with Gasteiger partial charge in [0.15, 0.2) is 5.82 Å². The maximum Gasteiger partial charge on any atom is 0.164 e. The largest absolute Gasteiger partial charge is 0.484 e. The first-order chi connectivity index (χ1) is 9.69. The number of ether oxygens (including phenoxy) is 1. The molecule has 6 nitrogen and oxygen atoms in total. The molecule has 2 rings (SSSR count). The minimum Gasteiger partial charge on any atom is -0.484 e. The summed E-state index contributed by atoms with van der Waals surface area (Å²) in [6.07, 6.45) is 5.06. The Labute approximate surface area is 119 Å². The minimum absolute atomic E-state index is 0.113. The summed E-state index contributed by atoms with van der Waals surface area (Å²) >= 11 is 0. The number of aryl methyl sites for hydroxylation is 1. The molecule has 0 fully saturated rings. The van der Waals surface area contributed by atoms with Crippen LogP contribution >= 0.6 is 0 Å². The van der Waals surface area contributed by atoms with Crippen LogP contribution in [-0.2, 0) is 19.6 Å². The molecule has 2 aromatic rings. The Bertz CT molecular complexity index is 521. The Morgan fingerprint density at radius 2 is 2.20 bits per heavy atom. The number of pyridine rings is 1. The van der Waals surface area contributed by atoms with E-state index in [0.29, 0.717) is 6.61 Å². The molecule has 2 heterocycles. The summed E-state index contributed by atoms with van der Waals surface area (Å²) in [5.74, 6) is 1.55. The number of aromatic nitrogens is 4. The first-order valence-corrected chi connectivity index (χ1v) is 6.89. The van der Waals surface area contributed by atoms with Gasteiger partial charge in [0.25, 0.3) is 0 Å². The van der Waals surface area contributed by atoms with Crippen LogP contribution in [0.4, 0.5) is 0 Å². The zero-order valence-electron chi connectivity index (χ0n) is 12.0. The molecule has 6 heteroatoms. The fourth-order valence-corrected chi connectivity index (χ4v) is 1.89. The Morgan fingerprint density at radius 3 is 2.85 bits per heavy atom. The molecule has 0 saturated heterocycles. The first-order valence-electron chi connectivity index (χ1n) is 6.89. The molecule has 0 saturated carbocycles. The Balaban J connectivity index is 1.92. The predicted molar refractivity (Wildman–Crippen MR) is 76.2 cm³/mol. The van der Waals surface area contributed by atoms with Crippen LogP contribution in [0.25, 0.3) is 0 Å². The van der Waals surface area contributed by atoms with Crippen molar-refractivity contribution in [3.05, 3.63) is 36.2 Å². The van der Waals surface area contributed by atoms with E-state index in [1.165, 1.54) is 0 Å². The van der Waals surface area contributed by atoms with Gasteiger partial charge in [0.1, 0.15) is 18.7 Å². The van der Waals surface area contributed by atoms with Gasteiger partial charge in [-0.1, -0.05) is 6.92 Å². The van der Waals surface area contributed by atoms with Gasteiger partial charge in [0.2, 0.25) is 0 Å². The molecule has 0 spiro atoms. The van der Waals surface area contributed by atoms with E-state index in [1.54, 1.807) is 12.5 Å². The van der Waals surface area contributed by atoms with Gasteiger partial charge in [-0.3, -0.25) is 4.98 Å². The normalized spacial score (nSPS) is 12.3. The quantitative estimate of drug-likeness (QED) is 0.829. The Hall–Kier alpha value is -1.95. The summed E-state index contributed by atoms with van der Waals surface area (Å²) < 4.78 is 7.54. The van der Waals surface area contributed by atoms with Gasteiger partial charge in [-0.2, -0.15) is 5.10 Å². The fraction of sp³-hybridized carbons (Fsp3) is 0.500. The lowest BCUT2D eigenvalue weighted by Crippen LogP contribution is -2.18. The SMILES string of the molecule is CCCn1ncnc1COc1ccc(CC(C)N)nc1. The van der Waals surface area contributed by atoms with Crippen LogP contribution in [0.5, 0.6) is 5.75 Å². The van der Waals surface area contributed by atoms with Gasteiger partial charge < -0.3 is 10.5 Å². The van der Waals surface area contributed by atoms with Crippen LogP contribution < -0.4 is 10.5 Å². The second kappa shape index (κ2) is 7.00. The highest BCUT2D eigenvalue weighted by molar-refractivity contribution is 5.20. The smallest absolute Gasteiger partial charge is 0.164 e. The van der Waals surface area contributed by atoms with Crippen molar-refractivity contribution in [1.29, 1.82) is 0 Å². The zero-order chi connectivity index (χ0) is 14.4. The second-order valence-corrected chi connectivity index (χ2v) is 4.85. The molecule has 1 atom stereocenters. The van der Waals surface area contributed by atoms with Crippen molar-refractivity contribution < 1.29 is 4.74 Å². The van der Waals surface area contributed by atoms with Gasteiger partial charge in [-0.25, -0.2) is 9.67 Å². The molecular formula is C14H21N5O. The van der Waals surface area contributed by atoms with E-state index in [9.17, 15) is 0 Å². The van der Waals surface area contributed by atoms with Crippen molar-refractivity contribution in [2.24, 2.45) is 5.73 Å². The van der Waals surface area contributed by atoms with E-state index in [1.807, 2.05) is 23.7 Å². The van der Waals surface area contributed by atoms with E-state index >= 15 is 0 Å². The van der Waals surface area contributed by atoms with Crippen LogP contribution in [0.2, 0.25) is 0 Å². The molecule has 2 aromatic heterocycles. The summed E-state index contributed by atoms with van der Waals surface area (Å²) in [6.45, 7) is 5.32. The summed E-state index contributed by atoms with van der Waals surface area (Å²) in [6, 6.07) is 3.96. The van der Waals surface area contributed by atoms with Crippen LogP contribution in [0, 0.1) is 0 Å². The van der Waals surface area contributed by atoms with Crippen molar-refractivity contribution in [3.8, 4) is 5.75 Å². The summed E-state index contributed by atoms with van der Waals surface area (Å²) in [7, 11) is 0. The minimum atomic E-state index is 0.113. The molecule has 108 valence electrons. The van der Waals surface area contributed by atoms with Crippen LogP contribution in [0.15, 0.2) is 24.7 Å².